The first kappa shape index (κ1) is 11.3. The van der Waals surface area contributed by atoms with Gasteiger partial charge in [0.05, 0.1) is 5.69 Å². The first-order chi connectivity index (χ1) is 7.08. The minimum atomic E-state index is 0.176. The van der Waals surface area contributed by atoms with Crippen molar-refractivity contribution in [1.29, 1.82) is 0 Å². The smallest absolute Gasteiger partial charge is 0.228 e. The summed E-state index contributed by atoms with van der Waals surface area (Å²) in [7, 11) is 0. The number of rotatable bonds is 1. The third kappa shape index (κ3) is 2.30. The number of nitrogens with zero attached hydrogens (tertiary/aromatic N) is 1. The molecule has 2 rings (SSSR count). The van der Waals surface area contributed by atoms with Gasteiger partial charge in [-0.25, -0.2) is 0 Å². The van der Waals surface area contributed by atoms with Gasteiger partial charge in [0.25, 0.3) is 0 Å². The van der Waals surface area contributed by atoms with Crippen LogP contribution in [-0.4, -0.2) is 17.7 Å². The lowest BCUT2D eigenvalue weighted by molar-refractivity contribution is -0.117. The molecule has 4 heteroatoms. The lowest BCUT2D eigenvalue weighted by atomic mass is 10.2. The molecular weight excluding hydrogens is 321 g/mol. The summed E-state index contributed by atoms with van der Waals surface area (Å²) in [4.78, 5) is 13.5. The fourth-order valence-corrected chi connectivity index (χ4v) is 3.03. The van der Waals surface area contributed by atoms with Crippen LogP contribution in [-0.2, 0) is 4.79 Å². The normalized spacial score (nSPS) is 21.1. The molecule has 0 aromatic heterocycles. The maximum atomic E-state index is 11.7. The van der Waals surface area contributed by atoms with Crippen LogP contribution in [0.15, 0.2) is 18.2 Å². The SMILES string of the molecule is Cc1ccc(N2CC(S)CC2=O)c(I)c1. The highest BCUT2D eigenvalue weighted by atomic mass is 127. The standard InChI is InChI=1S/C11H12INOS/c1-7-2-3-10(9(12)4-7)13-6-8(15)5-11(13)14/h2-4,8,15H,5-6H2,1H3. The van der Waals surface area contributed by atoms with Crippen LogP contribution < -0.4 is 4.90 Å². The number of carbonyl (C=O) groups excluding carboxylic acids is 1. The van der Waals surface area contributed by atoms with Crippen LogP contribution in [0.5, 0.6) is 0 Å². The molecule has 0 spiro atoms. The van der Waals surface area contributed by atoms with Crippen LogP contribution in [0.2, 0.25) is 0 Å². The van der Waals surface area contributed by atoms with Crippen molar-refractivity contribution >= 4 is 46.8 Å². The molecule has 1 aliphatic heterocycles. The molecule has 2 nitrogen and oxygen atoms in total. The summed E-state index contributed by atoms with van der Waals surface area (Å²) < 4.78 is 1.13. The highest BCUT2D eigenvalue weighted by molar-refractivity contribution is 14.1. The number of carbonyl (C=O) groups is 1. The molecule has 0 aliphatic carbocycles. The monoisotopic (exact) mass is 333 g/mol. The summed E-state index contributed by atoms with van der Waals surface area (Å²) in [6.45, 7) is 2.78. The van der Waals surface area contributed by atoms with Gasteiger partial charge in [-0.3, -0.25) is 4.79 Å². The number of amides is 1. The molecule has 1 saturated heterocycles. The summed E-state index contributed by atoms with van der Waals surface area (Å²) in [5, 5.41) is 0.176. The summed E-state index contributed by atoms with van der Waals surface area (Å²) in [6, 6.07) is 6.15. The van der Waals surface area contributed by atoms with Crippen LogP contribution in [0.3, 0.4) is 0 Å². The van der Waals surface area contributed by atoms with E-state index in [1.54, 1.807) is 0 Å². The van der Waals surface area contributed by atoms with E-state index in [0.29, 0.717) is 6.42 Å². The maximum absolute atomic E-state index is 11.7. The first-order valence-electron chi connectivity index (χ1n) is 4.82. The Morgan fingerprint density at radius 2 is 2.27 bits per heavy atom. The average Bonchev–Trinajstić information content (AvgIpc) is 2.45. The maximum Gasteiger partial charge on any atom is 0.228 e. The largest absolute Gasteiger partial charge is 0.310 e. The molecule has 1 heterocycles. The molecule has 0 bridgehead atoms. The van der Waals surface area contributed by atoms with Crippen molar-refractivity contribution in [3.63, 3.8) is 0 Å². The molecule has 0 N–H and O–H groups in total. The van der Waals surface area contributed by atoms with Gasteiger partial charge in [-0.1, -0.05) is 6.07 Å². The second-order valence-corrected chi connectivity index (χ2v) is 5.71. The summed E-state index contributed by atoms with van der Waals surface area (Å²) in [5.41, 5.74) is 2.24. The molecule has 0 saturated carbocycles. The van der Waals surface area contributed by atoms with E-state index in [1.807, 2.05) is 17.0 Å². The van der Waals surface area contributed by atoms with E-state index in [1.165, 1.54) is 5.56 Å². The molecule has 1 fully saturated rings. The fourth-order valence-electron chi connectivity index (χ4n) is 1.75. The lowest BCUT2D eigenvalue weighted by Crippen LogP contribution is -2.25. The van der Waals surface area contributed by atoms with Crippen LogP contribution >= 0.6 is 35.2 Å². The molecule has 1 aromatic carbocycles. The Bertz CT molecular complexity index is 408. The van der Waals surface area contributed by atoms with E-state index >= 15 is 0 Å². The number of anilines is 1. The van der Waals surface area contributed by atoms with Gasteiger partial charge in [0.15, 0.2) is 0 Å². The van der Waals surface area contributed by atoms with Gasteiger partial charge in [-0.2, -0.15) is 12.6 Å². The minimum absolute atomic E-state index is 0.176. The van der Waals surface area contributed by atoms with Gasteiger partial charge in [-0.05, 0) is 47.2 Å². The van der Waals surface area contributed by atoms with E-state index in [2.05, 4.69) is 48.2 Å². The van der Waals surface area contributed by atoms with Crippen LogP contribution in [0.1, 0.15) is 12.0 Å². The van der Waals surface area contributed by atoms with E-state index < -0.39 is 0 Å². The zero-order chi connectivity index (χ0) is 11.0. The molecule has 1 aliphatic rings. The van der Waals surface area contributed by atoms with Crippen LogP contribution in [0.25, 0.3) is 0 Å². The second kappa shape index (κ2) is 4.33. The summed E-state index contributed by atoms with van der Waals surface area (Å²) in [5.74, 6) is 0.178. The quantitative estimate of drug-likeness (QED) is 0.619. The number of benzene rings is 1. The van der Waals surface area contributed by atoms with Crippen LogP contribution in [0.4, 0.5) is 5.69 Å². The third-order valence-electron chi connectivity index (χ3n) is 2.50. The van der Waals surface area contributed by atoms with E-state index in [9.17, 15) is 4.79 Å². The number of hydrogen-bond acceptors (Lipinski definition) is 2. The average molecular weight is 333 g/mol. The topological polar surface area (TPSA) is 20.3 Å². The van der Waals surface area contributed by atoms with Crippen LogP contribution in [0, 0.1) is 10.5 Å². The minimum Gasteiger partial charge on any atom is -0.310 e. The Hall–Kier alpha value is -0.230. The highest BCUT2D eigenvalue weighted by Crippen LogP contribution is 2.28. The molecule has 1 aromatic rings. The van der Waals surface area contributed by atoms with Crippen molar-refractivity contribution in [1.82, 2.24) is 0 Å². The van der Waals surface area contributed by atoms with Crippen molar-refractivity contribution in [3.8, 4) is 0 Å². The Labute approximate surface area is 109 Å². The Morgan fingerprint density at radius 1 is 1.53 bits per heavy atom. The predicted molar refractivity (Wildman–Crippen MR) is 73.6 cm³/mol. The number of thiol groups is 1. The number of aryl methyl sites for hydroxylation is 1. The van der Waals surface area contributed by atoms with Gasteiger partial charge in [0, 0.05) is 21.8 Å². The van der Waals surface area contributed by atoms with E-state index in [4.69, 9.17) is 0 Å². The summed E-state index contributed by atoms with van der Waals surface area (Å²) >= 11 is 6.62. The Kier molecular flexibility index (Phi) is 3.25. The van der Waals surface area contributed by atoms with E-state index in [-0.39, 0.29) is 11.2 Å². The molecule has 1 atom stereocenters. The van der Waals surface area contributed by atoms with Gasteiger partial charge >= 0.3 is 0 Å². The predicted octanol–water partition coefficient (Wildman–Crippen LogP) is 2.63. The number of hydrogen-bond donors (Lipinski definition) is 1. The number of halogens is 1. The second-order valence-electron chi connectivity index (χ2n) is 3.82. The van der Waals surface area contributed by atoms with Crippen molar-refractivity contribution in [2.45, 2.75) is 18.6 Å². The van der Waals surface area contributed by atoms with Crippen molar-refractivity contribution in [2.75, 3.05) is 11.4 Å². The molecule has 15 heavy (non-hydrogen) atoms. The fraction of sp³-hybridized carbons (Fsp3) is 0.364. The Morgan fingerprint density at radius 3 is 2.80 bits per heavy atom. The molecule has 1 amide bonds. The zero-order valence-corrected chi connectivity index (χ0v) is 11.5. The molecular formula is C11H12INOS. The van der Waals surface area contributed by atoms with Crippen molar-refractivity contribution in [3.05, 3.63) is 27.3 Å². The third-order valence-corrected chi connectivity index (χ3v) is 3.71. The van der Waals surface area contributed by atoms with Gasteiger partial charge in [-0.15, -0.1) is 0 Å². The molecule has 1 unspecified atom stereocenters. The lowest BCUT2D eigenvalue weighted by Gasteiger charge is -2.18. The molecule has 0 radical (unpaired) electrons. The molecule has 80 valence electrons. The Balaban J connectivity index is 2.34. The van der Waals surface area contributed by atoms with Gasteiger partial charge < -0.3 is 4.90 Å². The van der Waals surface area contributed by atoms with Crippen molar-refractivity contribution < 1.29 is 4.79 Å². The van der Waals surface area contributed by atoms with Crippen molar-refractivity contribution in [2.24, 2.45) is 0 Å². The zero-order valence-electron chi connectivity index (χ0n) is 8.40. The highest BCUT2D eigenvalue weighted by Gasteiger charge is 2.29. The first-order valence-corrected chi connectivity index (χ1v) is 6.42. The van der Waals surface area contributed by atoms with Gasteiger partial charge in [0.2, 0.25) is 5.91 Å². The summed E-state index contributed by atoms with van der Waals surface area (Å²) in [6.07, 6.45) is 0.549. The van der Waals surface area contributed by atoms with Gasteiger partial charge in [0.1, 0.15) is 0 Å². The van der Waals surface area contributed by atoms with E-state index in [0.717, 1.165) is 15.8 Å².